The van der Waals surface area contributed by atoms with E-state index in [1.807, 2.05) is 98.1 Å². The minimum Gasteiger partial charge on any atom is -0.490 e. The highest BCUT2D eigenvalue weighted by molar-refractivity contribution is 9.10. The van der Waals surface area contributed by atoms with Gasteiger partial charge < -0.3 is 14.2 Å². The first-order valence-electron chi connectivity index (χ1n) is 13.7. The average Bonchev–Trinajstić information content (AvgIpc) is 3.47. The Balaban J connectivity index is 1.21. The van der Waals surface area contributed by atoms with Crippen molar-refractivity contribution >= 4 is 39.4 Å². The van der Waals surface area contributed by atoms with Crippen molar-refractivity contribution in [2.24, 2.45) is 5.10 Å². The molecule has 218 valence electrons. The molecule has 43 heavy (non-hydrogen) atoms. The normalized spacial score (nSPS) is 11.0. The van der Waals surface area contributed by atoms with Gasteiger partial charge in [0.15, 0.2) is 11.5 Å². The van der Waals surface area contributed by atoms with Gasteiger partial charge in [0.2, 0.25) is 0 Å². The number of rotatable bonds is 12. The molecule has 0 spiro atoms. The number of benzene rings is 4. The lowest BCUT2D eigenvalue weighted by molar-refractivity contribution is 0.0955. The lowest BCUT2D eigenvalue weighted by atomic mass is 10.1. The van der Waals surface area contributed by atoms with Crippen LogP contribution in [0.15, 0.2) is 106 Å². The lowest BCUT2D eigenvalue weighted by Gasteiger charge is -2.14. The number of hydrogen-bond donors (Lipinski definition) is 1. The SMILES string of the molecule is CCOc1cc(COc2ccc(Br)cc2/C=N/NC(=O)c2ccc(-c3csc(C)n3)cc2)ccc1OCc1ccccc1. The van der Waals surface area contributed by atoms with Crippen molar-refractivity contribution in [2.75, 3.05) is 6.61 Å². The first-order chi connectivity index (χ1) is 21.0. The highest BCUT2D eigenvalue weighted by Gasteiger charge is 2.10. The molecule has 1 N–H and O–H groups in total. The van der Waals surface area contributed by atoms with E-state index in [2.05, 4.69) is 31.4 Å². The molecule has 1 amide bonds. The summed E-state index contributed by atoms with van der Waals surface area (Å²) >= 11 is 5.10. The molecule has 0 bridgehead atoms. The van der Waals surface area contributed by atoms with Gasteiger partial charge in [-0.3, -0.25) is 4.79 Å². The van der Waals surface area contributed by atoms with Gasteiger partial charge >= 0.3 is 0 Å². The standard InChI is InChI=1S/C34H30BrN3O4S/c1-3-40-33-17-25(9-15-32(33)42-20-24-7-5-4-6-8-24)21-41-31-16-14-29(35)18-28(31)19-36-38-34(39)27-12-10-26(11-13-27)30-22-43-23(2)37-30/h4-19,22H,3,20-21H2,1-2H3,(H,38,39)/b36-19+. The molecule has 5 aromatic rings. The topological polar surface area (TPSA) is 82.0 Å². The molecule has 0 aliphatic heterocycles. The number of carbonyl (C=O) groups excluding carboxylic acids is 1. The van der Waals surface area contributed by atoms with E-state index < -0.39 is 0 Å². The van der Waals surface area contributed by atoms with E-state index in [-0.39, 0.29) is 5.91 Å². The highest BCUT2D eigenvalue weighted by atomic mass is 79.9. The molecule has 0 saturated heterocycles. The number of carbonyl (C=O) groups is 1. The number of ether oxygens (including phenoxy) is 3. The van der Waals surface area contributed by atoms with Crippen molar-refractivity contribution < 1.29 is 19.0 Å². The van der Waals surface area contributed by atoms with Gasteiger partial charge in [-0.1, -0.05) is 64.5 Å². The zero-order valence-electron chi connectivity index (χ0n) is 23.7. The largest absolute Gasteiger partial charge is 0.490 e. The van der Waals surface area contributed by atoms with E-state index in [4.69, 9.17) is 14.2 Å². The third-order valence-corrected chi connectivity index (χ3v) is 7.61. The molecule has 0 fully saturated rings. The Morgan fingerprint density at radius 3 is 2.37 bits per heavy atom. The van der Waals surface area contributed by atoms with Crippen LogP contribution >= 0.6 is 27.3 Å². The van der Waals surface area contributed by atoms with E-state index >= 15 is 0 Å². The van der Waals surface area contributed by atoms with E-state index in [0.717, 1.165) is 31.9 Å². The second-order valence-electron chi connectivity index (χ2n) is 9.49. The van der Waals surface area contributed by atoms with Crippen molar-refractivity contribution in [3.63, 3.8) is 0 Å². The van der Waals surface area contributed by atoms with Crippen molar-refractivity contribution in [1.29, 1.82) is 0 Å². The first-order valence-corrected chi connectivity index (χ1v) is 15.4. The lowest BCUT2D eigenvalue weighted by Crippen LogP contribution is -2.17. The number of hydrogen-bond acceptors (Lipinski definition) is 7. The molecule has 0 saturated carbocycles. The maximum absolute atomic E-state index is 12.7. The minimum atomic E-state index is -0.312. The maximum atomic E-state index is 12.7. The van der Waals surface area contributed by atoms with Crippen molar-refractivity contribution in [2.45, 2.75) is 27.1 Å². The number of halogens is 1. The molecular weight excluding hydrogens is 626 g/mol. The number of aryl methyl sites for hydroxylation is 1. The van der Waals surface area contributed by atoms with Crippen molar-refractivity contribution in [3.8, 4) is 28.5 Å². The number of amides is 1. The molecule has 1 heterocycles. The Kier molecular flexibility index (Phi) is 10.2. The number of nitrogens with zero attached hydrogens (tertiary/aromatic N) is 2. The monoisotopic (exact) mass is 655 g/mol. The molecule has 5 rings (SSSR count). The summed E-state index contributed by atoms with van der Waals surface area (Å²) < 4.78 is 18.9. The molecule has 0 radical (unpaired) electrons. The van der Waals surface area contributed by atoms with Crippen LogP contribution < -0.4 is 19.6 Å². The fraction of sp³-hybridized carbons (Fsp3) is 0.147. The Morgan fingerprint density at radius 2 is 1.63 bits per heavy atom. The first kappa shape index (κ1) is 30.0. The van der Waals surface area contributed by atoms with E-state index in [0.29, 0.717) is 48.2 Å². The number of nitrogens with one attached hydrogen (secondary N) is 1. The zero-order valence-corrected chi connectivity index (χ0v) is 26.2. The van der Waals surface area contributed by atoms with Gasteiger partial charge in [0.1, 0.15) is 19.0 Å². The Bertz CT molecular complexity index is 1710. The maximum Gasteiger partial charge on any atom is 0.271 e. The van der Waals surface area contributed by atoms with Crippen molar-refractivity contribution in [1.82, 2.24) is 10.4 Å². The van der Waals surface area contributed by atoms with Crippen LogP contribution in [0, 0.1) is 6.92 Å². The van der Waals surface area contributed by atoms with Gasteiger partial charge in [-0.15, -0.1) is 11.3 Å². The van der Waals surface area contributed by atoms with E-state index in [1.165, 1.54) is 0 Å². The van der Waals surface area contributed by atoms with Crippen LogP contribution in [0.1, 0.15) is 39.0 Å². The second-order valence-corrected chi connectivity index (χ2v) is 11.5. The van der Waals surface area contributed by atoms with E-state index in [9.17, 15) is 4.79 Å². The van der Waals surface area contributed by atoms with Crippen LogP contribution in [0.25, 0.3) is 11.3 Å². The Morgan fingerprint density at radius 1 is 0.884 bits per heavy atom. The van der Waals surface area contributed by atoms with Gasteiger partial charge in [-0.25, -0.2) is 10.4 Å². The van der Waals surface area contributed by atoms with Crippen LogP contribution in [0.5, 0.6) is 17.2 Å². The summed E-state index contributed by atoms with van der Waals surface area (Å²) in [7, 11) is 0. The van der Waals surface area contributed by atoms with Crippen LogP contribution in [0.3, 0.4) is 0 Å². The average molecular weight is 657 g/mol. The van der Waals surface area contributed by atoms with Crippen LogP contribution in [0.2, 0.25) is 0 Å². The summed E-state index contributed by atoms with van der Waals surface area (Å²) in [5, 5.41) is 7.18. The van der Waals surface area contributed by atoms with Crippen molar-refractivity contribution in [3.05, 3.63) is 128 Å². The minimum absolute atomic E-state index is 0.304. The molecule has 0 atom stereocenters. The van der Waals surface area contributed by atoms with Gasteiger partial charge in [-0.2, -0.15) is 5.10 Å². The van der Waals surface area contributed by atoms with Gasteiger partial charge in [0.05, 0.1) is 23.5 Å². The summed E-state index contributed by atoms with van der Waals surface area (Å²) in [6, 6.07) is 28.7. The van der Waals surface area contributed by atoms with Crippen LogP contribution in [0.4, 0.5) is 0 Å². The van der Waals surface area contributed by atoms with Gasteiger partial charge in [0.25, 0.3) is 5.91 Å². The molecule has 7 nitrogen and oxygen atoms in total. The van der Waals surface area contributed by atoms with Crippen LogP contribution in [-0.2, 0) is 13.2 Å². The number of aromatic nitrogens is 1. The number of thiazole rings is 1. The Hall–Kier alpha value is -4.47. The molecule has 0 aliphatic carbocycles. The molecule has 9 heteroatoms. The molecule has 0 aliphatic rings. The summed E-state index contributed by atoms with van der Waals surface area (Å²) in [4.78, 5) is 17.2. The highest BCUT2D eigenvalue weighted by Crippen LogP contribution is 2.30. The summed E-state index contributed by atoms with van der Waals surface area (Å²) in [6.07, 6.45) is 1.57. The van der Waals surface area contributed by atoms with Gasteiger partial charge in [0, 0.05) is 26.5 Å². The number of hydrazone groups is 1. The summed E-state index contributed by atoms with van der Waals surface area (Å²) in [6.45, 7) is 5.18. The third kappa shape index (κ3) is 8.30. The quantitative estimate of drug-likeness (QED) is 0.108. The molecule has 4 aromatic carbocycles. The second kappa shape index (κ2) is 14.6. The predicted octanol–water partition coefficient (Wildman–Crippen LogP) is 8.20. The Labute approximate surface area is 263 Å². The van der Waals surface area contributed by atoms with E-state index in [1.54, 1.807) is 29.7 Å². The fourth-order valence-electron chi connectivity index (χ4n) is 4.19. The molecule has 0 unspecified atom stereocenters. The summed E-state index contributed by atoms with van der Waals surface area (Å²) in [5.41, 5.74) is 7.67. The smallest absolute Gasteiger partial charge is 0.271 e. The van der Waals surface area contributed by atoms with Crippen LogP contribution in [-0.4, -0.2) is 23.7 Å². The molecule has 1 aromatic heterocycles. The molecular formula is C34H30BrN3O4S. The summed E-state index contributed by atoms with van der Waals surface area (Å²) in [5.74, 6) is 1.64. The third-order valence-electron chi connectivity index (χ3n) is 6.34. The zero-order chi connectivity index (χ0) is 30.0. The van der Waals surface area contributed by atoms with Gasteiger partial charge in [-0.05, 0) is 67.4 Å². The predicted molar refractivity (Wildman–Crippen MR) is 174 cm³/mol. The fourth-order valence-corrected chi connectivity index (χ4v) is 5.19.